The second-order valence-corrected chi connectivity index (χ2v) is 14.2. The van der Waals surface area contributed by atoms with E-state index in [9.17, 15) is 0 Å². The fourth-order valence-corrected chi connectivity index (χ4v) is 15.5. The summed E-state index contributed by atoms with van der Waals surface area (Å²) >= 11 is 0. The second kappa shape index (κ2) is 6.32. The molecule has 0 aromatic carbocycles. The predicted molar refractivity (Wildman–Crippen MR) is 88.3 cm³/mol. The summed E-state index contributed by atoms with van der Waals surface area (Å²) in [6.07, 6.45) is 0. The van der Waals surface area contributed by atoms with Crippen molar-refractivity contribution in [3.8, 4) is 0 Å². The molecule has 8 bridgehead atoms. The van der Waals surface area contributed by atoms with Crippen molar-refractivity contribution in [2.75, 3.05) is 0 Å². The third kappa shape index (κ3) is 3.46. The molecule has 0 amide bonds. The van der Waals surface area contributed by atoms with E-state index in [4.69, 9.17) is 51.7 Å². The van der Waals surface area contributed by atoms with Crippen molar-refractivity contribution in [2.45, 2.75) is 0 Å². The van der Waals surface area contributed by atoms with Gasteiger partial charge < -0.3 is 0 Å². The summed E-state index contributed by atoms with van der Waals surface area (Å²) in [5.41, 5.74) is 0. The average molecular weight is 467 g/mol. The highest BCUT2D eigenvalue weighted by Crippen LogP contribution is 2.96. The molecule has 8 rings (SSSR count). The molecule has 22 heteroatoms. The van der Waals surface area contributed by atoms with Crippen molar-refractivity contribution in [1.82, 2.24) is 0 Å². The standard InChI is InChI=1S/B2H6O12P8/c1-21-9-15-3-16(10-21)6-20(5-15)14-22(2)11-17-4-18(12-22)8-19(7-17)13-21/h1-2H3/t15-,16-,17-,18-,19?,20?,21?,22?/m1/s1. The Kier molecular flexibility index (Phi) is 4.94. The predicted octanol–water partition coefficient (Wildman–Crippen LogP) is 3.70. The minimum absolute atomic E-state index is 0.506. The maximum atomic E-state index is 5.86. The third-order valence-electron chi connectivity index (χ3n) is 1.60. The summed E-state index contributed by atoms with van der Waals surface area (Å²) in [6, 6.07) is 0. The third-order valence-corrected chi connectivity index (χ3v) is 14.4. The molecule has 0 N–H and O–H groups in total. The van der Waals surface area contributed by atoms with Crippen molar-refractivity contribution >= 4 is 82.4 Å². The first kappa shape index (κ1) is 17.2. The molecule has 8 aliphatic heterocycles. The molecule has 22 heavy (non-hydrogen) atoms. The van der Waals surface area contributed by atoms with Crippen molar-refractivity contribution in [3.05, 3.63) is 0 Å². The van der Waals surface area contributed by atoms with Gasteiger partial charge in [0.1, 0.15) is 0 Å². The fourth-order valence-electron chi connectivity index (χ4n) is 1.01. The van der Waals surface area contributed by atoms with Crippen molar-refractivity contribution in [3.63, 3.8) is 0 Å². The quantitative estimate of drug-likeness (QED) is 0.382. The van der Waals surface area contributed by atoms with Gasteiger partial charge in [-0.1, -0.05) is 0 Å². The van der Waals surface area contributed by atoms with Crippen LogP contribution < -0.4 is 0 Å². The number of hydrogen-bond acceptors (Lipinski definition) is 12. The van der Waals surface area contributed by atoms with E-state index in [1.165, 1.54) is 0 Å². The molecule has 8 saturated heterocycles. The minimum atomic E-state index is -2.53. The lowest BCUT2D eigenvalue weighted by atomic mass is 10.8. The van der Waals surface area contributed by atoms with Gasteiger partial charge in [0.05, 0.1) is 0 Å². The van der Waals surface area contributed by atoms with Crippen LogP contribution in [0.5, 0.6) is 0 Å². The van der Waals surface area contributed by atoms with Crippen LogP contribution in [0.15, 0.2) is 0 Å². The van der Waals surface area contributed by atoms with Crippen molar-refractivity contribution < 1.29 is 51.7 Å². The first-order chi connectivity index (χ1) is 10.5. The van der Waals surface area contributed by atoms with Crippen LogP contribution in [0.2, 0.25) is 0 Å². The van der Waals surface area contributed by atoms with E-state index < -0.39 is 82.4 Å². The molecule has 0 aromatic rings. The Hall–Kier alpha value is 3.09. The molecule has 0 saturated carbocycles. The molecule has 0 unspecified atom stereocenters. The summed E-state index contributed by atoms with van der Waals surface area (Å²) in [4.78, 5) is 0. The molecule has 8 fully saturated rings. The van der Waals surface area contributed by atoms with E-state index in [0.717, 1.165) is 0 Å². The molecule has 0 aromatic heterocycles. The van der Waals surface area contributed by atoms with Crippen LogP contribution in [-0.4, -0.2) is 15.1 Å². The SMILES string of the molecule is [BH3-][P+]12OP3O[P@]4O[P+]([BH3-])(OP5O[P@](O1)O[P@](O5)O2)O[P@@](O3)O4. The Morgan fingerprint density at radius 1 is 0.409 bits per heavy atom. The largest absolute Gasteiger partial charge is 0.387 e. The highest BCUT2D eigenvalue weighted by atomic mass is 31.4. The molecule has 0 radical (unpaired) electrons. The highest BCUT2D eigenvalue weighted by molar-refractivity contribution is 8.00. The summed E-state index contributed by atoms with van der Waals surface area (Å²) in [6.45, 7) is 0. The van der Waals surface area contributed by atoms with Crippen LogP contribution in [0.25, 0.3) is 0 Å². The maximum absolute atomic E-state index is 5.86. The topological polar surface area (TPSA) is 111 Å². The second-order valence-electron chi connectivity index (χ2n) is 2.77. The lowest BCUT2D eigenvalue weighted by Gasteiger charge is -2.43. The Labute approximate surface area is 134 Å². The first-order valence-corrected chi connectivity index (χ1v) is 13.1. The molecular formula is H6B2O12P8. The van der Waals surface area contributed by atoms with Gasteiger partial charge in [0.15, 0.2) is 0 Å². The normalized spacial score (nSPS) is 60.3. The van der Waals surface area contributed by atoms with E-state index in [1.54, 1.807) is 0 Å². The molecule has 8 heterocycles. The Morgan fingerprint density at radius 3 is 0.773 bits per heavy atom. The van der Waals surface area contributed by atoms with E-state index in [0.29, 0.717) is 0 Å². The van der Waals surface area contributed by atoms with E-state index in [2.05, 4.69) is 0 Å². The molecule has 0 spiro atoms. The van der Waals surface area contributed by atoms with Crippen molar-refractivity contribution in [2.24, 2.45) is 0 Å². The lowest BCUT2D eigenvalue weighted by molar-refractivity contribution is 0.194. The van der Waals surface area contributed by atoms with Gasteiger partial charge in [0.2, 0.25) is 15.1 Å². The number of rotatable bonds is 0. The number of hydrogen-bond donors (Lipinski definition) is 0. The Bertz CT molecular complexity index is 408. The molecule has 124 valence electrons. The van der Waals surface area contributed by atoms with Gasteiger partial charge in [-0.25, -0.2) is 25.9 Å². The summed E-state index contributed by atoms with van der Waals surface area (Å²) < 4.78 is 68.0. The van der Waals surface area contributed by atoms with Crippen LogP contribution in [0.1, 0.15) is 0 Å². The highest BCUT2D eigenvalue weighted by Gasteiger charge is 2.63. The zero-order chi connectivity index (χ0) is 14.9. The van der Waals surface area contributed by atoms with Crippen LogP contribution in [0.3, 0.4) is 0 Å². The van der Waals surface area contributed by atoms with Crippen LogP contribution in [0, 0.1) is 0 Å². The van der Waals surface area contributed by atoms with Gasteiger partial charge in [-0.15, -0.1) is 25.9 Å². The summed E-state index contributed by atoms with van der Waals surface area (Å²) in [7, 11) is -16.0. The zero-order valence-corrected chi connectivity index (χ0v) is 15.6. The van der Waals surface area contributed by atoms with Gasteiger partial charge in [0, 0.05) is 0 Å². The van der Waals surface area contributed by atoms with E-state index in [-0.39, 0.29) is 0 Å². The van der Waals surface area contributed by atoms with Gasteiger partial charge in [-0.05, 0) is 0 Å². The van der Waals surface area contributed by atoms with Crippen molar-refractivity contribution in [1.29, 1.82) is 0 Å². The lowest BCUT2D eigenvalue weighted by Crippen LogP contribution is -2.17. The monoisotopic (exact) mass is 468 g/mol. The van der Waals surface area contributed by atoms with Gasteiger partial charge in [-0.2, -0.15) is 0 Å². The van der Waals surface area contributed by atoms with E-state index >= 15 is 0 Å². The average Bonchev–Trinajstić information content (AvgIpc) is 2.32. The molecule has 0 aliphatic carbocycles. The molecule has 8 aliphatic rings. The first-order valence-electron chi connectivity index (χ1n) is 4.38. The minimum Gasteiger partial charge on any atom is -0.232 e. The fraction of sp³-hybridized carbons (Fsp3) is 0. The van der Waals surface area contributed by atoms with Crippen LogP contribution >= 0.6 is 67.3 Å². The molecule has 0 atom stereocenters. The smallest absolute Gasteiger partial charge is 0.232 e. The van der Waals surface area contributed by atoms with Gasteiger partial charge in [0.25, 0.3) is 15.6 Å². The van der Waals surface area contributed by atoms with Gasteiger partial charge in [-0.3, -0.25) is 0 Å². The Morgan fingerprint density at radius 2 is 0.591 bits per heavy atom. The van der Waals surface area contributed by atoms with Gasteiger partial charge >= 0.3 is 51.6 Å². The molecular weight excluding hydrogens is 461 g/mol. The maximum Gasteiger partial charge on any atom is 0.387 e. The summed E-state index contributed by atoms with van der Waals surface area (Å²) in [5.74, 6) is 0. The van der Waals surface area contributed by atoms with Crippen LogP contribution in [-0.2, 0) is 51.7 Å². The molecule has 12 nitrogen and oxygen atoms in total. The zero-order valence-electron chi connectivity index (χ0n) is 8.48. The Balaban J connectivity index is 1.50. The van der Waals surface area contributed by atoms with Crippen LogP contribution in [0.4, 0.5) is 0 Å². The summed E-state index contributed by atoms with van der Waals surface area (Å²) in [5, 5.41) is 0. The van der Waals surface area contributed by atoms with E-state index in [1.807, 2.05) is 0 Å².